The van der Waals surface area contributed by atoms with Crippen molar-refractivity contribution in [1.29, 1.82) is 0 Å². The SMILES string of the molecule is C[C@@H](Sc1ccc(F)c(F)c1)C(=O)Nc1cccc(Br)c1. The Morgan fingerprint density at radius 3 is 2.62 bits per heavy atom. The zero-order valence-electron chi connectivity index (χ0n) is 11.1. The summed E-state index contributed by atoms with van der Waals surface area (Å²) in [7, 11) is 0. The van der Waals surface area contributed by atoms with Crippen molar-refractivity contribution in [3.63, 3.8) is 0 Å². The molecule has 0 saturated carbocycles. The maximum Gasteiger partial charge on any atom is 0.237 e. The zero-order valence-corrected chi connectivity index (χ0v) is 13.5. The Morgan fingerprint density at radius 1 is 1.19 bits per heavy atom. The van der Waals surface area contributed by atoms with Gasteiger partial charge >= 0.3 is 0 Å². The lowest BCUT2D eigenvalue weighted by Crippen LogP contribution is -2.22. The van der Waals surface area contributed by atoms with E-state index >= 15 is 0 Å². The molecule has 0 bridgehead atoms. The summed E-state index contributed by atoms with van der Waals surface area (Å²) in [6.45, 7) is 1.71. The highest BCUT2D eigenvalue weighted by Crippen LogP contribution is 2.26. The van der Waals surface area contributed by atoms with E-state index in [2.05, 4.69) is 21.2 Å². The molecule has 2 rings (SSSR count). The van der Waals surface area contributed by atoms with Gasteiger partial charge in [0, 0.05) is 15.1 Å². The van der Waals surface area contributed by atoms with Gasteiger partial charge in [-0.1, -0.05) is 22.0 Å². The second kappa shape index (κ2) is 7.04. The number of hydrogen-bond acceptors (Lipinski definition) is 2. The van der Waals surface area contributed by atoms with Gasteiger partial charge in [-0.15, -0.1) is 11.8 Å². The smallest absolute Gasteiger partial charge is 0.237 e. The Kier molecular flexibility index (Phi) is 5.36. The summed E-state index contributed by atoms with van der Waals surface area (Å²) in [6, 6.07) is 10.8. The van der Waals surface area contributed by atoms with Crippen molar-refractivity contribution in [2.75, 3.05) is 5.32 Å². The van der Waals surface area contributed by atoms with Gasteiger partial charge in [-0.05, 0) is 43.3 Å². The summed E-state index contributed by atoms with van der Waals surface area (Å²) in [4.78, 5) is 12.6. The summed E-state index contributed by atoms with van der Waals surface area (Å²) in [5.41, 5.74) is 0.673. The van der Waals surface area contributed by atoms with Gasteiger partial charge in [0.25, 0.3) is 0 Å². The maximum absolute atomic E-state index is 13.1. The fraction of sp³-hybridized carbons (Fsp3) is 0.133. The first-order valence-corrected chi connectivity index (χ1v) is 7.81. The molecule has 0 fully saturated rings. The number of thioether (sulfide) groups is 1. The summed E-state index contributed by atoms with van der Waals surface area (Å²) in [6.07, 6.45) is 0. The van der Waals surface area contributed by atoms with E-state index in [1.807, 2.05) is 12.1 Å². The van der Waals surface area contributed by atoms with Crippen LogP contribution in [0.1, 0.15) is 6.92 Å². The molecule has 0 saturated heterocycles. The number of carbonyl (C=O) groups is 1. The molecule has 0 spiro atoms. The molecule has 110 valence electrons. The van der Waals surface area contributed by atoms with E-state index in [9.17, 15) is 13.6 Å². The minimum Gasteiger partial charge on any atom is -0.325 e. The molecule has 6 heteroatoms. The van der Waals surface area contributed by atoms with E-state index in [0.717, 1.165) is 16.6 Å². The highest BCUT2D eigenvalue weighted by Gasteiger charge is 2.15. The van der Waals surface area contributed by atoms with Crippen LogP contribution in [0.4, 0.5) is 14.5 Å². The van der Waals surface area contributed by atoms with Crippen molar-refractivity contribution in [1.82, 2.24) is 0 Å². The summed E-state index contributed by atoms with van der Waals surface area (Å²) < 4.78 is 26.8. The van der Waals surface area contributed by atoms with Gasteiger partial charge in [-0.2, -0.15) is 0 Å². The van der Waals surface area contributed by atoms with Gasteiger partial charge in [0.05, 0.1) is 5.25 Å². The molecule has 0 aliphatic carbocycles. The molecule has 0 aromatic heterocycles. The van der Waals surface area contributed by atoms with E-state index < -0.39 is 16.9 Å². The van der Waals surface area contributed by atoms with Crippen LogP contribution in [0, 0.1) is 11.6 Å². The average molecular weight is 372 g/mol. The highest BCUT2D eigenvalue weighted by molar-refractivity contribution is 9.10. The molecule has 2 aromatic rings. The van der Waals surface area contributed by atoms with Crippen LogP contribution in [0.3, 0.4) is 0 Å². The third-order valence-corrected chi connectivity index (χ3v) is 4.25. The second-order valence-corrected chi connectivity index (χ2v) is 6.67. The van der Waals surface area contributed by atoms with E-state index in [0.29, 0.717) is 10.6 Å². The topological polar surface area (TPSA) is 29.1 Å². The van der Waals surface area contributed by atoms with Crippen LogP contribution in [0.2, 0.25) is 0 Å². The fourth-order valence-corrected chi connectivity index (χ4v) is 2.91. The number of nitrogens with one attached hydrogen (secondary N) is 1. The monoisotopic (exact) mass is 371 g/mol. The number of amides is 1. The Morgan fingerprint density at radius 2 is 1.95 bits per heavy atom. The fourth-order valence-electron chi connectivity index (χ4n) is 1.62. The third-order valence-electron chi connectivity index (χ3n) is 2.67. The van der Waals surface area contributed by atoms with Crippen molar-refractivity contribution in [3.8, 4) is 0 Å². The average Bonchev–Trinajstić information content (AvgIpc) is 2.43. The summed E-state index contributed by atoms with van der Waals surface area (Å²) >= 11 is 4.49. The first-order valence-electron chi connectivity index (χ1n) is 6.14. The van der Waals surface area contributed by atoms with E-state index in [1.54, 1.807) is 19.1 Å². The molecule has 0 unspecified atom stereocenters. The van der Waals surface area contributed by atoms with Crippen LogP contribution < -0.4 is 5.32 Å². The lowest BCUT2D eigenvalue weighted by Gasteiger charge is -2.12. The molecule has 21 heavy (non-hydrogen) atoms. The Hall–Kier alpha value is -1.40. The lowest BCUT2D eigenvalue weighted by molar-refractivity contribution is -0.115. The first-order chi connectivity index (χ1) is 9.95. The number of hydrogen-bond donors (Lipinski definition) is 1. The minimum atomic E-state index is -0.917. The van der Waals surface area contributed by atoms with Crippen LogP contribution in [-0.4, -0.2) is 11.2 Å². The third kappa shape index (κ3) is 4.54. The minimum absolute atomic E-state index is 0.206. The van der Waals surface area contributed by atoms with Crippen LogP contribution >= 0.6 is 27.7 Å². The maximum atomic E-state index is 13.1. The van der Waals surface area contributed by atoms with Gasteiger partial charge < -0.3 is 5.32 Å². The highest BCUT2D eigenvalue weighted by atomic mass is 79.9. The van der Waals surface area contributed by atoms with Crippen LogP contribution in [0.25, 0.3) is 0 Å². The summed E-state index contributed by atoms with van der Waals surface area (Å²) in [5.74, 6) is -2.02. The predicted octanol–water partition coefficient (Wildman–Crippen LogP) is 4.85. The van der Waals surface area contributed by atoms with Crippen LogP contribution in [0.15, 0.2) is 51.8 Å². The Balaban J connectivity index is 2.00. The van der Waals surface area contributed by atoms with Crippen molar-refractivity contribution in [2.24, 2.45) is 0 Å². The van der Waals surface area contributed by atoms with Gasteiger partial charge in [-0.25, -0.2) is 8.78 Å². The van der Waals surface area contributed by atoms with Gasteiger partial charge in [0.15, 0.2) is 11.6 Å². The van der Waals surface area contributed by atoms with Crippen LogP contribution in [0.5, 0.6) is 0 Å². The summed E-state index contributed by atoms with van der Waals surface area (Å²) in [5, 5.41) is 2.33. The molecule has 2 nitrogen and oxygen atoms in total. The number of halogens is 3. The number of anilines is 1. The lowest BCUT2D eigenvalue weighted by atomic mass is 10.3. The largest absolute Gasteiger partial charge is 0.325 e. The molecule has 0 aliphatic rings. The Labute approximate surface area is 134 Å². The van der Waals surface area contributed by atoms with Crippen LogP contribution in [-0.2, 0) is 4.79 Å². The van der Waals surface area contributed by atoms with E-state index in [1.165, 1.54) is 17.8 Å². The first kappa shape index (κ1) is 16.0. The quantitative estimate of drug-likeness (QED) is 0.778. The molecule has 1 N–H and O–H groups in total. The number of rotatable bonds is 4. The zero-order chi connectivity index (χ0) is 15.4. The molecule has 0 heterocycles. The van der Waals surface area contributed by atoms with E-state index in [4.69, 9.17) is 0 Å². The molecule has 0 radical (unpaired) electrons. The van der Waals surface area contributed by atoms with Gasteiger partial charge in [-0.3, -0.25) is 4.79 Å². The molecule has 0 aliphatic heterocycles. The van der Waals surface area contributed by atoms with Crippen molar-refractivity contribution in [3.05, 3.63) is 58.6 Å². The molecular weight excluding hydrogens is 360 g/mol. The van der Waals surface area contributed by atoms with Crippen molar-refractivity contribution < 1.29 is 13.6 Å². The van der Waals surface area contributed by atoms with Gasteiger partial charge in [0.1, 0.15) is 0 Å². The number of benzene rings is 2. The normalized spacial score (nSPS) is 12.0. The standard InChI is InChI=1S/C15H12BrF2NOS/c1-9(21-12-5-6-13(17)14(18)8-12)15(20)19-11-4-2-3-10(16)7-11/h2-9H,1H3,(H,19,20)/t9-/m1/s1. The predicted molar refractivity (Wildman–Crippen MR) is 84.4 cm³/mol. The number of carbonyl (C=O) groups excluding carboxylic acids is 1. The van der Waals surface area contributed by atoms with E-state index in [-0.39, 0.29) is 5.91 Å². The molecule has 1 atom stereocenters. The Bertz CT molecular complexity index is 666. The second-order valence-electron chi connectivity index (χ2n) is 4.34. The van der Waals surface area contributed by atoms with Crippen molar-refractivity contribution >= 4 is 39.3 Å². The molecular formula is C15H12BrF2NOS. The van der Waals surface area contributed by atoms with Gasteiger partial charge in [0.2, 0.25) is 5.91 Å². The molecule has 2 aromatic carbocycles. The molecule has 1 amide bonds. The van der Waals surface area contributed by atoms with Crippen molar-refractivity contribution in [2.45, 2.75) is 17.1 Å².